The zero-order valence-electron chi connectivity index (χ0n) is 13.9. The fraction of sp³-hybridized carbons (Fsp3) is 0.611. The first-order valence-electron chi connectivity index (χ1n) is 8.58. The molecule has 5 heteroatoms. The van der Waals surface area contributed by atoms with E-state index in [2.05, 4.69) is 17.6 Å². The zero-order chi connectivity index (χ0) is 16.2. The Morgan fingerprint density at radius 2 is 1.83 bits per heavy atom. The van der Waals surface area contributed by atoms with Crippen LogP contribution in [-0.2, 0) is 4.79 Å². The van der Waals surface area contributed by atoms with Crippen LogP contribution in [-0.4, -0.2) is 31.2 Å². The third kappa shape index (κ3) is 4.09. The number of anilines is 1. The standard InChI is InChI=1S/C18H26N2O3/c1-12-3-5-14(6-4-12)20-18(21)13(2)19-15-7-8-16-17(11-15)23-10-9-22-16/h7-8,11-14,19H,3-6,9-10H2,1-2H3,(H,20,21)/t12?,13-,14?/m1/s1. The van der Waals surface area contributed by atoms with Crippen LogP contribution in [0.15, 0.2) is 18.2 Å². The van der Waals surface area contributed by atoms with Gasteiger partial charge < -0.3 is 20.1 Å². The Bertz CT molecular complexity index is 553. The highest BCUT2D eigenvalue weighted by Crippen LogP contribution is 2.32. The highest BCUT2D eigenvalue weighted by atomic mass is 16.6. The summed E-state index contributed by atoms with van der Waals surface area (Å²) in [5.41, 5.74) is 0.870. The monoisotopic (exact) mass is 318 g/mol. The number of nitrogens with one attached hydrogen (secondary N) is 2. The van der Waals surface area contributed by atoms with Gasteiger partial charge >= 0.3 is 0 Å². The minimum Gasteiger partial charge on any atom is -0.486 e. The van der Waals surface area contributed by atoms with E-state index in [1.165, 1.54) is 12.8 Å². The summed E-state index contributed by atoms with van der Waals surface area (Å²) in [6.45, 7) is 5.31. The minimum atomic E-state index is -0.281. The van der Waals surface area contributed by atoms with Gasteiger partial charge in [-0.1, -0.05) is 6.92 Å². The minimum absolute atomic E-state index is 0.0550. The molecular weight excluding hydrogens is 292 g/mol. The van der Waals surface area contributed by atoms with Crippen molar-refractivity contribution in [3.05, 3.63) is 18.2 Å². The molecule has 1 aromatic carbocycles. The summed E-state index contributed by atoms with van der Waals surface area (Å²) in [6, 6.07) is 5.73. The molecule has 3 rings (SSSR count). The van der Waals surface area contributed by atoms with Crippen LogP contribution in [0.3, 0.4) is 0 Å². The second kappa shape index (κ2) is 7.11. The SMILES string of the molecule is CC1CCC(NC(=O)[C@@H](C)Nc2ccc3c(c2)OCCO3)CC1. The van der Waals surface area contributed by atoms with Crippen molar-refractivity contribution in [2.75, 3.05) is 18.5 Å². The first-order chi connectivity index (χ1) is 11.1. The zero-order valence-corrected chi connectivity index (χ0v) is 13.9. The summed E-state index contributed by atoms with van der Waals surface area (Å²) in [6.07, 6.45) is 4.58. The molecule has 2 aliphatic rings. The van der Waals surface area contributed by atoms with Crippen LogP contribution in [0.1, 0.15) is 39.5 Å². The molecule has 0 spiro atoms. The first-order valence-corrected chi connectivity index (χ1v) is 8.58. The van der Waals surface area contributed by atoms with E-state index < -0.39 is 0 Å². The summed E-state index contributed by atoms with van der Waals surface area (Å²) in [7, 11) is 0. The maximum atomic E-state index is 12.4. The molecular formula is C18H26N2O3. The van der Waals surface area contributed by atoms with Crippen molar-refractivity contribution in [2.24, 2.45) is 5.92 Å². The number of carbonyl (C=O) groups excluding carboxylic acids is 1. The Morgan fingerprint density at radius 3 is 2.57 bits per heavy atom. The molecule has 0 radical (unpaired) electrons. The second-order valence-electron chi connectivity index (χ2n) is 6.69. The molecule has 1 fully saturated rings. The van der Waals surface area contributed by atoms with Gasteiger partial charge in [-0.25, -0.2) is 0 Å². The summed E-state index contributed by atoms with van der Waals surface area (Å²) < 4.78 is 11.1. The largest absolute Gasteiger partial charge is 0.486 e. The lowest BCUT2D eigenvalue weighted by Crippen LogP contribution is -2.44. The van der Waals surface area contributed by atoms with Crippen molar-refractivity contribution in [1.82, 2.24) is 5.32 Å². The van der Waals surface area contributed by atoms with E-state index in [0.29, 0.717) is 19.3 Å². The van der Waals surface area contributed by atoms with Crippen molar-refractivity contribution in [3.63, 3.8) is 0 Å². The lowest BCUT2D eigenvalue weighted by atomic mass is 9.87. The van der Waals surface area contributed by atoms with Gasteiger partial charge in [-0.2, -0.15) is 0 Å². The number of benzene rings is 1. The summed E-state index contributed by atoms with van der Waals surface area (Å²) in [5, 5.41) is 6.41. The predicted molar refractivity (Wildman–Crippen MR) is 90.1 cm³/mol. The van der Waals surface area contributed by atoms with Gasteiger partial charge in [0.25, 0.3) is 0 Å². The fourth-order valence-electron chi connectivity index (χ4n) is 3.18. The van der Waals surface area contributed by atoms with Crippen LogP contribution in [0, 0.1) is 5.92 Å². The van der Waals surface area contributed by atoms with Crippen LogP contribution in [0.4, 0.5) is 5.69 Å². The van der Waals surface area contributed by atoms with Gasteiger partial charge in [-0.3, -0.25) is 4.79 Å². The van der Waals surface area contributed by atoms with E-state index in [1.807, 2.05) is 25.1 Å². The third-order valence-electron chi connectivity index (χ3n) is 4.68. The van der Waals surface area contributed by atoms with Crippen molar-refractivity contribution < 1.29 is 14.3 Å². The predicted octanol–water partition coefficient (Wildman–Crippen LogP) is 2.95. The van der Waals surface area contributed by atoms with Gasteiger partial charge in [0.15, 0.2) is 11.5 Å². The molecule has 0 unspecified atom stereocenters. The first kappa shape index (κ1) is 16.0. The van der Waals surface area contributed by atoms with Gasteiger partial charge in [0, 0.05) is 17.8 Å². The normalized spacial score (nSPS) is 24.6. The molecule has 1 atom stereocenters. The van der Waals surface area contributed by atoms with Crippen molar-refractivity contribution in [3.8, 4) is 11.5 Å². The Labute approximate surface area is 137 Å². The van der Waals surface area contributed by atoms with Gasteiger partial charge in [-0.05, 0) is 50.7 Å². The molecule has 0 saturated heterocycles. The summed E-state index contributed by atoms with van der Waals surface area (Å²) >= 11 is 0. The summed E-state index contributed by atoms with van der Waals surface area (Å²) in [5.74, 6) is 2.33. The quantitative estimate of drug-likeness (QED) is 0.896. The average molecular weight is 318 g/mol. The van der Waals surface area contributed by atoms with Crippen LogP contribution in [0.25, 0.3) is 0 Å². The highest BCUT2D eigenvalue weighted by molar-refractivity contribution is 5.84. The number of hydrogen-bond acceptors (Lipinski definition) is 4. The van der Waals surface area contributed by atoms with Gasteiger partial charge in [0.1, 0.15) is 19.3 Å². The fourth-order valence-corrected chi connectivity index (χ4v) is 3.18. The molecule has 5 nitrogen and oxygen atoms in total. The molecule has 0 bridgehead atoms. The van der Waals surface area contributed by atoms with Gasteiger partial charge in [-0.15, -0.1) is 0 Å². The van der Waals surface area contributed by atoms with E-state index in [9.17, 15) is 4.79 Å². The lowest BCUT2D eigenvalue weighted by molar-refractivity contribution is -0.122. The van der Waals surface area contributed by atoms with Crippen molar-refractivity contribution in [1.29, 1.82) is 0 Å². The molecule has 1 saturated carbocycles. The molecule has 23 heavy (non-hydrogen) atoms. The van der Waals surface area contributed by atoms with Gasteiger partial charge in [0.05, 0.1) is 0 Å². The number of rotatable bonds is 4. The number of carbonyl (C=O) groups is 1. The maximum absolute atomic E-state index is 12.4. The molecule has 1 amide bonds. The van der Waals surface area contributed by atoms with E-state index >= 15 is 0 Å². The van der Waals surface area contributed by atoms with E-state index in [4.69, 9.17) is 9.47 Å². The Hall–Kier alpha value is -1.91. The molecule has 126 valence electrons. The summed E-state index contributed by atoms with van der Waals surface area (Å²) in [4.78, 5) is 12.4. The molecule has 2 N–H and O–H groups in total. The lowest BCUT2D eigenvalue weighted by Gasteiger charge is -2.28. The third-order valence-corrected chi connectivity index (χ3v) is 4.68. The average Bonchev–Trinajstić information content (AvgIpc) is 2.56. The Balaban J connectivity index is 1.54. The van der Waals surface area contributed by atoms with E-state index in [0.717, 1.165) is 35.9 Å². The molecule has 1 heterocycles. The number of ether oxygens (including phenoxy) is 2. The van der Waals surface area contributed by atoms with Crippen LogP contribution < -0.4 is 20.1 Å². The van der Waals surface area contributed by atoms with E-state index in [-0.39, 0.29) is 11.9 Å². The van der Waals surface area contributed by atoms with Crippen LogP contribution >= 0.6 is 0 Å². The second-order valence-corrected chi connectivity index (χ2v) is 6.69. The molecule has 0 aromatic heterocycles. The van der Waals surface area contributed by atoms with E-state index in [1.54, 1.807) is 0 Å². The smallest absolute Gasteiger partial charge is 0.242 e. The highest BCUT2D eigenvalue weighted by Gasteiger charge is 2.22. The number of amides is 1. The van der Waals surface area contributed by atoms with Crippen LogP contribution in [0.5, 0.6) is 11.5 Å². The van der Waals surface area contributed by atoms with Crippen molar-refractivity contribution >= 4 is 11.6 Å². The Morgan fingerprint density at radius 1 is 1.13 bits per heavy atom. The Kier molecular flexibility index (Phi) is 4.94. The number of hydrogen-bond donors (Lipinski definition) is 2. The molecule has 1 aliphatic carbocycles. The topological polar surface area (TPSA) is 59.6 Å². The maximum Gasteiger partial charge on any atom is 0.242 e. The molecule has 1 aliphatic heterocycles. The number of fused-ring (bicyclic) bond motifs is 1. The van der Waals surface area contributed by atoms with Gasteiger partial charge in [0.2, 0.25) is 5.91 Å². The van der Waals surface area contributed by atoms with Crippen LogP contribution in [0.2, 0.25) is 0 Å². The molecule has 1 aromatic rings. The van der Waals surface area contributed by atoms with Crippen molar-refractivity contribution in [2.45, 2.75) is 51.6 Å².